The van der Waals surface area contributed by atoms with Gasteiger partial charge < -0.3 is 0 Å². The van der Waals surface area contributed by atoms with E-state index in [9.17, 15) is 0 Å². The molecular weight excluding hydrogens is 327 g/mol. The first-order chi connectivity index (χ1) is 5.38. The van der Waals surface area contributed by atoms with Crippen LogP contribution < -0.4 is 0 Å². The lowest BCUT2D eigenvalue weighted by molar-refractivity contribution is 1.71. The Morgan fingerprint density at radius 1 is 0.833 bits per heavy atom. The van der Waals surface area contributed by atoms with E-state index in [0.29, 0.717) is 0 Å². The van der Waals surface area contributed by atoms with Gasteiger partial charge in [-0.15, -0.1) is 24.0 Å². The van der Waals surface area contributed by atoms with E-state index >= 15 is 0 Å². The van der Waals surface area contributed by atoms with Gasteiger partial charge in [-0.2, -0.15) is 0 Å². The average Bonchev–Trinajstić information content (AvgIpc) is 2.06. The summed E-state index contributed by atoms with van der Waals surface area (Å²) in [5.41, 5.74) is 0. The van der Waals surface area contributed by atoms with E-state index in [1.54, 1.807) is 0 Å². The topological polar surface area (TPSA) is 0 Å². The second-order valence-corrected chi connectivity index (χ2v) is 3.32. The summed E-state index contributed by atoms with van der Waals surface area (Å²) in [6.45, 7) is 0. The van der Waals surface area contributed by atoms with Gasteiger partial charge in [-0.25, -0.2) is 0 Å². The Kier molecular flexibility index (Phi) is 3.53. The van der Waals surface area contributed by atoms with Crippen LogP contribution in [0.2, 0.25) is 0 Å². The molecule has 0 saturated heterocycles. The molecule has 0 spiro atoms. The molecule has 2 heteroatoms. The van der Waals surface area contributed by atoms with E-state index in [4.69, 9.17) is 0 Å². The first-order valence-corrected chi connectivity index (χ1v) is 4.30. The first-order valence-electron chi connectivity index (χ1n) is 3.51. The molecule has 2 aromatic rings. The maximum absolute atomic E-state index is 3.50. The predicted molar refractivity (Wildman–Crippen MR) is 67.1 cm³/mol. The molecule has 0 heterocycles. The zero-order chi connectivity index (χ0) is 7.68. The van der Waals surface area contributed by atoms with E-state index in [-0.39, 0.29) is 24.0 Å². The third-order valence-corrected chi connectivity index (χ3v) is 2.43. The van der Waals surface area contributed by atoms with Gasteiger partial charge >= 0.3 is 0 Å². The highest BCUT2D eigenvalue weighted by molar-refractivity contribution is 14.0. The molecule has 0 unspecified atom stereocenters. The number of hydrogen-bond acceptors (Lipinski definition) is 0. The Hall–Kier alpha value is -0.0900. The van der Waals surface area contributed by atoms with Gasteiger partial charge in [0.05, 0.1) is 0 Å². The maximum atomic E-state index is 3.50. The number of hydrogen-bond donors (Lipinski definition) is 0. The molecule has 2 aromatic carbocycles. The van der Waals surface area contributed by atoms with Crippen molar-refractivity contribution in [2.45, 2.75) is 0 Å². The van der Waals surface area contributed by atoms with Gasteiger partial charge in [0.1, 0.15) is 0 Å². The van der Waals surface area contributed by atoms with E-state index in [1.165, 1.54) is 10.8 Å². The third kappa shape index (κ3) is 1.80. The SMILES string of the molecule is Brc1cccc2ccccc12.I. The average molecular weight is 335 g/mol. The summed E-state index contributed by atoms with van der Waals surface area (Å²) in [6, 6.07) is 14.5. The lowest BCUT2D eigenvalue weighted by atomic mass is 10.1. The maximum Gasteiger partial charge on any atom is 0.0253 e. The van der Waals surface area contributed by atoms with Crippen LogP contribution in [-0.2, 0) is 0 Å². The smallest absolute Gasteiger partial charge is 0.0253 e. The van der Waals surface area contributed by atoms with Crippen LogP contribution in [0.4, 0.5) is 0 Å². The van der Waals surface area contributed by atoms with Gasteiger partial charge in [0.2, 0.25) is 0 Å². The van der Waals surface area contributed by atoms with E-state index in [0.717, 1.165) is 4.47 Å². The van der Waals surface area contributed by atoms with Crippen molar-refractivity contribution < 1.29 is 0 Å². The number of benzene rings is 2. The van der Waals surface area contributed by atoms with E-state index in [1.807, 2.05) is 12.1 Å². The largest absolute Gasteiger partial charge is 0.107 e. The van der Waals surface area contributed by atoms with Gasteiger partial charge in [-0.3, -0.25) is 0 Å². The molecule has 0 aliphatic rings. The van der Waals surface area contributed by atoms with Crippen molar-refractivity contribution in [1.82, 2.24) is 0 Å². The molecule has 62 valence electrons. The highest BCUT2D eigenvalue weighted by atomic mass is 127. The summed E-state index contributed by atoms with van der Waals surface area (Å²) in [5, 5.41) is 2.55. The first kappa shape index (κ1) is 9.99. The zero-order valence-corrected chi connectivity index (χ0v) is 10.2. The van der Waals surface area contributed by atoms with Crippen molar-refractivity contribution in [3.63, 3.8) is 0 Å². The van der Waals surface area contributed by atoms with Gasteiger partial charge in [0, 0.05) is 4.47 Å². The summed E-state index contributed by atoms with van der Waals surface area (Å²) in [7, 11) is 0. The second-order valence-electron chi connectivity index (χ2n) is 2.46. The molecule has 0 fully saturated rings. The molecule has 0 amide bonds. The van der Waals surface area contributed by atoms with Gasteiger partial charge in [-0.1, -0.05) is 52.3 Å². The van der Waals surface area contributed by atoms with Crippen molar-refractivity contribution in [2.75, 3.05) is 0 Å². The van der Waals surface area contributed by atoms with Crippen LogP contribution in [0.3, 0.4) is 0 Å². The van der Waals surface area contributed by atoms with Gasteiger partial charge in [0.15, 0.2) is 0 Å². The summed E-state index contributed by atoms with van der Waals surface area (Å²) < 4.78 is 1.16. The molecule has 0 aliphatic carbocycles. The van der Waals surface area contributed by atoms with Gasteiger partial charge in [-0.05, 0) is 16.8 Å². The fourth-order valence-corrected chi connectivity index (χ4v) is 1.70. The standard InChI is InChI=1S/C10H7Br.HI/c11-10-7-3-5-8-4-1-2-6-9(8)10;/h1-7H;1H. The lowest BCUT2D eigenvalue weighted by Crippen LogP contribution is -1.71. The van der Waals surface area contributed by atoms with Crippen LogP contribution in [-0.4, -0.2) is 0 Å². The summed E-state index contributed by atoms with van der Waals surface area (Å²) in [6.07, 6.45) is 0. The predicted octanol–water partition coefficient (Wildman–Crippen LogP) is 4.22. The van der Waals surface area contributed by atoms with E-state index < -0.39 is 0 Å². The van der Waals surface area contributed by atoms with Crippen molar-refractivity contribution in [3.8, 4) is 0 Å². The van der Waals surface area contributed by atoms with Crippen molar-refractivity contribution in [3.05, 3.63) is 46.9 Å². The van der Waals surface area contributed by atoms with Crippen LogP contribution in [0.1, 0.15) is 0 Å². The number of halogens is 2. The Morgan fingerprint density at radius 2 is 1.50 bits per heavy atom. The molecule has 2 rings (SSSR count). The lowest BCUT2D eigenvalue weighted by Gasteiger charge is -1.97. The minimum atomic E-state index is 0. The summed E-state index contributed by atoms with van der Waals surface area (Å²) in [4.78, 5) is 0. The van der Waals surface area contributed by atoms with Crippen LogP contribution in [0.5, 0.6) is 0 Å². The fourth-order valence-electron chi connectivity index (χ4n) is 1.19. The Balaban J connectivity index is 0.000000720. The summed E-state index contributed by atoms with van der Waals surface area (Å²) in [5.74, 6) is 0. The Labute approximate surface area is 97.1 Å². The summed E-state index contributed by atoms with van der Waals surface area (Å²) >= 11 is 3.50. The van der Waals surface area contributed by atoms with Crippen LogP contribution in [0, 0.1) is 0 Å². The minimum Gasteiger partial charge on any atom is -0.107 e. The van der Waals surface area contributed by atoms with Crippen molar-refractivity contribution >= 4 is 50.7 Å². The van der Waals surface area contributed by atoms with Crippen molar-refractivity contribution in [2.24, 2.45) is 0 Å². The molecule has 0 saturated carbocycles. The van der Waals surface area contributed by atoms with Crippen LogP contribution >= 0.6 is 39.9 Å². The monoisotopic (exact) mass is 334 g/mol. The fraction of sp³-hybridized carbons (Fsp3) is 0. The quantitative estimate of drug-likeness (QED) is 0.633. The number of fused-ring (bicyclic) bond motifs is 1. The molecule has 12 heavy (non-hydrogen) atoms. The van der Waals surface area contributed by atoms with Crippen LogP contribution in [0.15, 0.2) is 46.9 Å². The molecule has 0 N–H and O–H groups in total. The normalized spacial score (nSPS) is 9.42. The molecule has 0 aromatic heterocycles. The number of rotatable bonds is 0. The molecular formula is C10H8BrI. The minimum absolute atomic E-state index is 0. The Bertz CT molecular complexity index is 379. The van der Waals surface area contributed by atoms with Crippen LogP contribution in [0.25, 0.3) is 10.8 Å². The highest BCUT2D eigenvalue weighted by Crippen LogP contribution is 2.22. The Morgan fingerprint density at radius 3 is 2.25 bits per heavy atom. The van der Waals surface area contributed by atoms with Crippen molar-refractivity contribution in [1.29, 1.82) is 0 Å². The molecule has 0 radical (unpaired) electrons. The molecule has 0 aliphatic heterocycles. The zero-order valence-electron chi connectivity index (χ0n) is 6.33. The molecule has 0 nitrogen and oxygen atoms in total. The van der Waals surface area contributed by atoms with Gasteiger partial charge in [0.25, 0.3) is 0 Å². The second kappa shape index (κ2) is 4.23. The highest BCUT2D eigenvalue weighted by Gasteiger charge is 1.93. The molecule has 0 bridgehead atoms. The molecule has 0 atom stereocenters. The van der Waals surface area contributed by atoms with E-state index in [2.05, 4.69) is 46.3 Å². The third-order valence-electron chi connectivity index (χ3n) is 1.74.